The third-order valence-electron chi connectivity index (χ3n) is 3.58. The topological polar surface area (TPSA) is 42.9 Å². The first-order valence-electron chi connectivity index (χ1n) is 7.60. The van der Waals surface area contributed by atoms with E-state index in [1.165, 1.54) is 45.6 Å². The SMILES string of the molecule is CN=C(NCCCN1CCCN(C)CC1)NCCSC.I. The molecule has 0 aromatic heterocycles. The van der Waals surface area contributed by atoms with Gasteiger partial charge in [-0.05, 0) is 45.8 Å². The Morgan fingerprint density at radius 2 is 1.90 bits per heavy atom. The molecule has 0 aromatic carbocycles. The van der Waals surface area contributed by atoms with Crippen LogP contribution in [0.15, 0.2) is 4.99 Å². The highest BCUT2D eigenvalue weighted by Crippen LogP contribution is 2.01. The second kappa shape index (κ2) is 13.9. The molecular weight excluding hydrogens is 397 g/mol. The molecule has 1 fully saturated rings. The van der Waals surface area contributed by atoms with E-state index in [1.54, 1.807) is 0 Å². The van der Waals surface area contributed by atoms with Crippen molar-refractivity contribution in [2.45, 2.75) is 12.8 Å². The van der Waals surface area contributed by atoms with Crippen LogP contribution in [-0.4, -0.2) is 87.7 Å². The predicted octanol–water partition coefficient (Wildman–Crippen LogP) is 1.16. The number of likely N-dealkylation sites (N-methyl/N-ethyl adjacent to an activating group) is 1. The molecule has 0 aliphatic carbocycles. The summed E-state index contributed by atoms with van der Waals surface area (Å²) in [5.41, 5.74) is 0. The van der Waals surface area contributed by atoms with Crippen LogP contribution in [0.4, 0.5) is 0 Å². The summed E-state index contributed by atoms with van der Waals surface area (Å²) in [5, 5.41) is 6.71. The summed E-state index contributed by atoms with van der Waals surface area (Å²) in [6.45, 7) is 8.03. The molecule has 0 radical (unpaired) electrons. The van der Waals surface area contributed by atoms with Crippen molar-refractivity contribution in [3.63, 3.8) is 0 Å². The Morgan fingerprint density at radius 1 is 1.14 bits per heavy atom. The molecule has 21 heavy (non-hydrogen) atoms. The normalized spacial score (nSPS) is 18.0. The van der Waals surface area contributed by atoms with E-state index in [1.807, 2.05) is 18.8 Å². The molecule has 0 unspecified atom stereocenters. The minimum Gasteiger partial charge on any atom is -0.356 e. The molecule has 1 rings (SSSR count). The van der Waals surface area contributed by atoms with E-state index in [9.17, 15) is 0 Å². The Bertz CT molecular complexity index is 278. The minimum absolute atomic E-state index is 0. The number of thioether (sulfide) groups is 1. The summed E-state index contributed by atoms with van der Waals surface area (Å²) in [6, 6.07) is 0. The molecule has 0 bridgehead atoms. The molecule has 0 atom stereocenters. The molecule has 0 amide bonds. The average Bonchev–Trinajstić information content (AvgIpc) is 2.66. The summed E-state index contributed by atoms with van der Waals surface area (Å²) < 4.78 is 0. The standard InChI is InChI=1S/C14H31N5S.HI/c1-15-14(17-7-13-20-3)16-6-4-9-19-10-5-8-18(2)11-12-19;/h4-13H2,1-3H3,(H2,15,16,17);1H. The van der Waals surface area contributed by atoms with Crippen molar-refractivity contribution in [1.82, 2.24) is 20.4 Å². The Hall–Kier alpha value is 0.270. The van der Waals surface area contributed by atoms with Crippen LogP contribution in [0.25, 0.3) is 0 Å². The lowest BCUT2D eigenvalue weighted by atomic mass is 10.3. The van der Waals surface area contributed by atoms with Gasteiger partial charge in [0.05, 0.1) is 0 Å². The summed E-state index contributed by atoms with van der Waals surface area (Å²) in [6.07, 6.45) is 4.59. The number of aliphatic imine (C=N–C) groups is 1. The van der Waals surface area contributed by atoms with Crippen LogP contribution in [-0.2, 0) is 0 Å². The lowest BCUT2D eigenvalue weighted by Gasteiger charge is -2.20. The van der Waals surface area contributed by atoms with Gasteiger partial charge < -0.3 is 20.4 Å². The van der Waals surface area contributed by atoms with E-state index in [2.05, 4.69) is 38.7 Å². The highest BCUT2D eigenvalue weighted by atomic mass is 127. The molecule has 7 heteroatoms. The fourth-order valence-corrected chi connectivity index (χ4v) is 2.63. The number of hydrogen-bond acceptors (Lipinski definition) is 4. The maximum Gasteiger partial charge on any atom is 0.191 e. The zero-order valence-corrected chi connectivity index (χ0v) is 16.9. The molecule has 1 aliphatic heterocycles. The van der Waals surface area contributed by atoms with Gasteiger partial charge in [0.1, 0.15) is 0 Å². The number of rotatable bonds is 7. The average molecular weight is 429 g/mol. The van der Waals surface area contributed by atoms with Gasteiger partial charge in [-0.25, -0.2) is 0 Å². The second-order valence-corrected chi connectivity index (χ2v) is 6.26. The zero-order chi connectivity index (χ0) is 14.6. The minimum atomic E-state index is 0. The van der Waals surface area contributed by atoms with Gasteiger partial charge in [-0.1, -0.05) is 0 Å². The van der Waals surface area contributed by atoms with E-state index in [-0.39, 0.29) is 24.0 Å². The molecule has 126 valence electrons. The highest BCUT2D eigenvalue weighted by molar-refractivity contribution is 14.0. The number of halogens is 1. The number of guanidine groups is 1. The van der Waals surface area contributed by atoms with Gasteiger partial charge in [0.25, 0.3) is 0 Å². The van der Waals surface area contributed by atoms with Crippen molar-refractivity contribution in [3.8, 4) is 0 Å². The first-order valence-corrected chi connectivity index (χ1v) is 9.00. The molecule has 1 heterocycles. The van der Waals surface area contributed by atoms with Gasteiger partial charge in [0.2, 0.25) is 0 Å². The molecule has 1 saturated heterocycles. The van der Waals surface area contributed by atoms with E-state index < -0.39 is 0 Å². The van der Waals surface area contributed by atoms with Gasteiger partial charge in [0, 0.05) is 39.0 Å². The van der Waals surface area contributed by atoms with Crippen LogP contribution in [0.1, 0.15) is 12.8 Å². The van der Waals surface area contributed by atoms with Crippen LogP contribution in [0, 0.1) is 0 Å². The van der Waals surface area contributed by atoms with E-state index in [0.29, 0.717) is 0 Å². The first kappa shape index (κ1) is 21.3. The van der Waals surface area contributed by atoms with Gasteiger partial charge in [-0.2, -0.15) is 11.8 Å². The molecular formula is C14H32IN5S. The molecule has 5 nitrogen and oxygen atoms in total. The Balaban J connectivity index is 0.00000400. The van der Waals surface area contributed by atoms with Crippen LogP contribution in [0.3, 0.4) is 0 Å². The lowest BCUT2D eigenvalue weighted by molar-refractivity contribution is 0.274. The van der Waals surface area contributed by atoms with Gasteiger partial charge in [-0.15, -0.1) is 24.0 Å². The molecule has 1 aliphatic rings. The lowest BCUT2D eigenvalue weighted by Crippen LogP contribution is -2.40. The molecule has 0 aromatic rings. The Kier molecular flexibility index (Phi) is 14.1. The molecule has 0 spiro atoms. The summed E-state index contributed by atoms with van der Waals surface area (Å²) >= 11 is 1.85. The zero-order valence-electron chi connectivity index (χ0n) is 13.7. The van der Waals surface area contributed by atoms with Gasteiger partial charge >= 0.3 is 0 Å². The number of nitrogens with zero attached hydrogens (tertiary/aromatic N) is 3. The van der Waals surface area contributed by atoms with Crippen LogP contribution in [0.5, 0.6) is 0 Å². The van der Waals surface area contributed by atoms with E-state index >= 15 is 0 Å². The van der Waals surface area contributed by atoms with E-state index in [0.717, 1.165) is 24.8 Å². The van der Waals surface area contributed by atoms with Gasteiger partial charge in [-0.3, -0.25) is 4.99 Å². The highest BCUT2D eigenvalue weighted by Gasteiger charge is 2.11. The monoisotopic (exact) mass is 429 g/mol. The van der Waals surface area contributed by atoms with Crippen molar-refractivity contribution in [2.24, 2.45) is 4.99 Å². The third-order valence-corrected chi connectivity index (χ3v) is 4.19. The molecule has 0 saturated carbocycles. The number of nitrogens with one attached hydrogen (secondary N) is 2. The quantitative estimate of drug-likeness (QED) is 0.275. The maximum atomic E-state index is 4.23. The molecule has 2 N–H and O–H groups in total. The summed E-state index contributed by atoms with van der Waals surface area (Å²) in [4.78, 5) is 9.24. The maximum absolute atomic E-state index is 4.23. The third kappa shape index (κ3) is 10.6. The van der Waals surface area contributed by atoms with Crippen molar-refractivity contribution < 1.29 is 0 Å². The van der Waals surface area contributed by atoms with Crippen molar-refractivity contribution in [3.05, 3.63) is 0 Å². The fraction of sp³-hybridized carbons (Fsp3) is 0.929. The Labute approximate surface area is 151 Å². The van der Waals surface area contributed by atoms with Crippen LogP contribution >= 0.6 is 35.7 Å². The largest absolute Gasteiger partial charge is 0.356 e. The Morgan fingerprint density at radius 3 is 2.62 bits per heavy atom. The van der Waals surface area contributed by atoms with Crippen LogP contribution < -0.4 is 10.6 Å². The van der Waals surface area contributed by atoms with Crippen LogP contribution in [0.2, 0.25) is 0 Å². The smallest absolute Gasteiger partial charge is 0.191 e. The van der Waals surface area contributed by atoms with E-state index in [4.69, 9.17) is 0 Å². The van der Waals surface area contributed by atoms with Gasteiger partial charge in [0.15, 0.2) is 5.96 Å². The second-order valence-electron chi connectivity index (χ2n) is 5.27. The van der Waals surface area contributed by atoms with Crippen molar-refractivity contribution >= 4 is 41.7 Å². The summed E-state index contributed by atoms with van der Waals surface area (Å²) in [5.74, 6) is 2.04. The van der Waals surface area contributed by atoms with Crippen molar-refractivity contribution in [1.29, 1.82) is 0 Å². The van der Waals surface area contributed by atoms with Crippen molar-refractivity contribution in [2.75, 3.05) is 71.9 Å². The fourth-order valence-electron chi connectivity index (χ4n) is 2.33. The first-order chi connectivity index (χ1) is 9.76. The number of hydrogen-bond donors (Lipinski definition) is 2. The summed E-state index contributed by atoms with van der Waals surface area (Å²) in [7, 11) is 4.05. The predicted molar refractivity (Wildman–Crippen MR) is 106 cm³/mol.